The molecule has 0 amide bonds. The Labute approximate surface area is 128 Å². The Morgan fingerprint density at radius 3 is 2.76 bits per heavy atom. The average Bonchev–Trinajstić information content (AvgIpc) is 2.72. The lowest BCUT2D eigenvalue weighted by Gasteiger charge is -2.13. The van der Waals surface area contributed by atoms with Crippen molar-refractivity contribution in [2.24, 2.45) is 0 Å². The predicted octanol–water partition coefficient (Wildman–Crippen LogP) is 3.45. The standard InChI is InChI=1S/C15H17ClN2O3/c1-4-18-12(13(16)10(3)17-18)8-21-14-9(2)6-5-7-11(14)15(19)20/h5-7H,4,8H2,1-3H3,(H,19,20). The zero-order chi connectivity index (χ0) is 15.6. The number of carbonyl (C=O) groups is 1. The molecule has 0 atom stereocenters. The van der Waals surface area contributed by atoms with Gasteiger partial charge in [-0.05, 0) is 32.4 Å². The third-order valence-electron chi connectivity index (χ3n) is 3.25. The van der Waals surface area contributed by atoms with E-state index in [9.17, 15) is 9.90 Å². The number of carboxylic acid groups (broad SMARTS) is 1. The van der Waals surface area contributed by atoms with E-state index in [-0.39, 0.29) is 12.2 Å². The summed E-state index contributed by atoms with van der Waals surface area (Å²) in [7, 11) is 0. The van der Waals surface area contributed by atoms with Gasteiger partial charge in [0.2, 0.25) is 0 Å². The number of hydrogen-bond donors (Lipinski definition) is 1. The summed E-state index contributed by atoms with van der Waals surface area (Å²) in [6.07, 6.45) is 0. The largest absolute Gasteiger partial charge is 0.486 e. The van der Waals surface area contributed by atoms with Crippen LogP contribution < -0.4 is 4.74 Å². The molecule has 112 valence electrons. The third-order valence-corrected chi connectivity index (χ3v) is 3.74. The van der Waals surface area contributed by atoms with Gasteiger partial charge in [-0.25, -0.2) is 4.79 Å². The summed E-state index contributed by atoms with van der Waals surface area (Å²) in [5.41, 5.74) is 2.40. The zero-order valence-electron chi connectivity index (χ0n) is 12.2. The van der Waals surface area contributed by atoms with Gasteiger partial charge in [-0.3, -0.25) is 4.68 Å². The van der Waals surface area contributed by atoms with Crippen LogP contribution in [0.4, 0.5) is 0 Å². The van der Waals surface area contributed by atoms with Crippen molar-refractivity contribution in [3.63, 3.8) is 0 Å². The lowest BCUT2D eigenvalue weighted by Crippen LogP contribution is -2.09. The van der Waals surface area contributed by atoms with Gasteiger partial charge in [-0.2, -0.15) is 5.10 Å². The summed E-state index contributed by atoms with van der Waals surface area (Å²) >= 11 is 6.22. The maximum Gasteiger partial charge on any atom is 0.339 e. The molecule has 0 spiro atoms. The summed E-state index contributed by atoms with van der Waals surface area (Å²) < 4.78 is 7.49. The SMILES string of the molecule is CCn1nc(C)c(Cl)c1COc1c(C)cccc1C(=O)O. The van der Waals surface area contributed by atoms with E-state index in [0.29, 0.717) is 17.3 Å². The molecule has 0 saturated heterocycles. The first-order chi connectivity index (χ1) is 9.95. The Bertz CT molecular complexity index is 680. The lowest BCUT2D eigenvalue weighted by atomic mass is 10.1. The number of benzene rings is 1. The number of para-hydroxylation sites is 1. The monoisotopic (exact) mass is 308 g/mol. The molecule has 0 unspecified atom stereocenters. The molecule has 1 heterocycles. The van der Waals surface area contributed by atoms with E-state index in [4.69, 9.17) is 16.3 Å². The smallest absolute Gasteiger partial charge is 0.339 e. The number of nitrogens with zero attached hydrogens (tertiary/aromatic N) is 2. The topological polar surface area (TPSA) is 64.4 Å². The van der Waals surface area contributed by atoms with Gasteiger partial charge in [0.05, 0.1) is 16.4 Å². The van der Waals surface area contributed by atoms with Crippen molar-refractivity contribution in [1.29, 1.82) is 0 Å². The molecule has 0 aliphatic carbocycles. The van der Waals surface area contributed by atoms with Crippen molar-refractivity contribution in [2.45, 2.75) is 33.9 Å². The summed E-state index contributed by atoms with van der Waals surface area (Å²) in [4.78, 5) is 11.3. The van der Waals surface area contributed by atoms with Crippen LogP contribution in [0.25, 0.3) is 0 Å². The van der Waals surface area contributed by atoms with E-state index in [1.54, 1.807) is 10.7 Å². The number of ether oxygens (including phenoxy) is 1. The number of carboxylic acids is 1. The molecule has 0 bridgehead atoms. The van der Waals surface area contributed by atoms with Gasteiger partial charge in [0, 0.05) is 6.54 Å². The Morgan fingerprint density at radius 2 is 2.14 bits per heavy atom. The first kappa shape index (κ1) is 15.4. The van der Waals surface area contributed by atoms with Gasteiger partial charge in [0.25, 0.3) is 0 Å². The second-order valence-electron chi connectivity index (χ2n) is 4.71. The molecule has 0 aliphatic heterocycles. The van der Waals surface area contributed by atoms with Crippen molar-refractivity contribution >= 4 is 17.6 Å². The van der Waals surface area contributed by atoms with Gasteiger partial charge < -0.3 is 9.84 Å². The van der Waals surface area contributed by atoms with Crippen LogP contribution in [0, 0.1) is 13.8 Å². The Kier molecular flexibility index (Phi) is 4.53. The fraction of sp³-hybridized carbons (Fsp3) is 0.333. The maximum absolute atomic E-state index is 11.3. The first-order valence-electron chi connectivity index (χ1n) is 6.63. The van der Waals surface area contributed by atoms with E-state index < -0.39 is 5.97 Å². The van der Waals surface area contributed by atoms with Crippen LogP contribution in [-0.2, 0) is 13.2 Å². The summed E-state index contributed by atoms with van der Waals surface area (Å²) in [5, 5.41) is 14.1. The predicted molar refractivity (Wildman–Crippen MR) is 80.1 cm³/mol. The van der Waals surface area contributed by atoms with Crippen LogP contribution >= 0.6 is 11.6 Å². The molecule has 0 saturated carbocycles. The van der Waals surface area contributed by atoms with E-state index in [1.807, 2.05) is 26.8 Å². The number of halogens is 1. The third kappa shape index (κ3) is 3.03. The molecular weight excluding hydrogens is 292 g/mol. The van der Waals surface area contributed by atoms with Crippen LogP contribution in [0.5, 0.6) is 5.75 Å². The highest BCUT2D eigenvalue weighted by Crippen LogP contribution is 2.27. The molecule has 2 aromatic rings. The number of aromatic carboxylic acids is 1. The van der Waals surface area contributed by atoms with Gasteiger partial charge in [0.1, 0.15) is 17.9 Å². The molecule has 0 radical (unpaired) electrons. The molecule has 0 aliphatic rings. The molecule has 1 N–H and O–H groups in total. The Hall–Kier alpha value is -2.01. The van der Waals surface area contributed by atoms with Gasteiger partial charge in [-0.1, -0.05) is 23.7 Å². The van der Waals surface area contributed by atoms with E-state index >= 15 is 0 Å². The first-order valence-corrected chi connectivity index (χ1v) is 7.01. The normalized spacial score (nSPS) is 10.7. The minimum Gasteiger partial charge on any atom is -0.486 e. The van der Waals surface area contributed by atoms with Gasteiger partial charge in [-0.15, -0.1) is 0 Å². The quantitative estimate of drug-likeness (QED) is 0.919. The van der Waals surface area contributed by atoms with Crippen LogP contribution in [0.2, 0.25) is 5.02 Å². The summed E-state index contributed by atoms with van der Waals surface area (Å²) in [6.45, 7) is 6.45. The average molecular weight is 309 g/mol. The number of hydrogen-bond acceptors (Lipinski definition) is 3. The summed E-state index contributed by atoms with van der Waals surface area (Å²) in [5.74, 6) is -0.650. The van der Waals surface area contributed by atoms with Gasteiger partial charge >= 0.3 is 5.97 Å². The molecule has 1 aromatic carbocycles. The zero-order valence-corrected chi connectivity index (χ0v) is 12.9. The van der Waals surface area contributed by atoms with Crippen molar-refractivity contribution in [3.05, 3.63) is 45.7 Å². The summed E-state index contributed by atoms with van der Waals surface area (Å²) in [6, 6.07) is 5.03. The van der Waals surface area contributed by atoms with Gasteiger partial charge in [0.15, 0.2) is 0 Å². The highest BCUT2D eigenvalue weighted by atomic mass is 35.5. The molecular formula is C15H17ClN2O3. The van der Waals surface area contributed by atoms with E-state index in [0.717, 1.165) is 17.0 Å². The van der Waals surface area contributed by atoms with Crippen LogP contribution in [-0.4, -0.2) is 20.9 Å². The fourth-order valence-electron chi connectivity index (χ4n) is 2.16. The Morgan fingerprint density at radius 1 is 1.43 bits per heavy atom. The number of aryl methyl sites for hydroxylation is 3. The van der Waals surface area contributed by atoms with E-state index in [1.165, 1.54) is 6.07 Å². The molecule has 6 heteroatoms. The number of rotatable bonds is 5. The minimum absolute atomic E-state index is 0.144. The second-order valence-corrected chi connectivity index (χ2v) is 5.09. The maximum atomic E-state index is 11.3. The van der Waals surface area contributed by atoms with Crippen molar-refractivity contribution in [3.8, 4) is 5.75 Å². The highest BCUT2D eigenvalue weighted by molar-refractivity contribution is 6.31. The van der Waals surface area contributed by atoms with Crippen molar-refractivity contribution < 1.29 is 14.6 Å². The molecule has 2 rings (SSSR count). The Balaban J connectivity index is 2.31. The highest BCUT2D eigenvalue weighted by Gasteiger charge is 2.17. The molecule has 1 aromatic heterocycles. The van der Waals surface area contributed by atoms with Crippen LogP contribution in [0.1, 0.15) is 34.2 Å². The fourth-order valence-corrected chi connectivity index (χ4v) is 2.35. The van der Waals surface area contributed by atoms with Crippen LogP contribution in [0.3, 0.4) is 0 Å². The lowest BCUT2D eigenvalue weighted by molar-refractivity contribution is 0.0691. The second kappa shape index (κ2) is 6.18. The van der Waals surface area contributed by atoms with E-state index in [2.05, 4.69) is 5.10 Å². The van der Waals surface area contributed by atoms with Crippen molar-refractivity contribution in [1.82, 2.24) is 9.78 Å². The van der Waals surface area contributed by atoms with Crippen LogP contribution in [0.15, 0.2) is 18.2 Å². The number of aromatic nitrogens is 2. The molecule has 0 fully saturated rings. The molecule has 5 nitrogen and oxygen atoms in total. The van der Waals surface area contributed by atoms with Crippen molar-refractivity contribution in [2.75, 3.05) is 0 Å². The minimum atomic E-state index is -1.01. The molecule has 21 heavy (non-hydrogen) atoms.